The van der Waals surface area contributed by atoms with Gasteiger partial charge in [0.2, 0.25) is 0 Å². The number of benzene rings is 1. The first-order chi connectivity index (χ1) is 8.13. The SMILES string of the molecule is COC(=O)C(NC1CC1)c1cccc(Cl)c1Cl. The Bertz CT molecular complexity index is 433. The molecule has 92 valence electrons. The van der Waals surface area contributed by atoms with Crippen molar-refractivity contribution in [2.45, 2.75) is 24.9 Å². The van der Waals surface area contributed by atoms with Gasteiger partial charge in [-0.3, -0.25) is 5.32 Å². The number of esters is 1. The molecule has 1 aliphatic rings. The summed E-state index contributed by atoms with van der Waals surface area (Å²) >= 11 is 12.1. The van der Waals surface area contributed by atoms with Crippen LogP contribution in [0.3, 0.4) is 0 Å². The third-order valence-electron chi connectivity index (χ3n) is 2.71. The van der Waals surface area contributed by atoms with Crippen molar-refractivity contribution in [1.82, 2.24) is 5.32 Å². The van der Waals surface area contributed by atoms with Crippen LogP contribution in [-0.4, -0.2) is 19.1 Å². The summed E-state index contributed by atoms with van der Waals surface area (Å²) < 4.78 is 4.79. The molecule has 0 spiro atoms. The van der Waals surface area contributed by atoms with Gasteiger partial charge in [-0.05, 0) is 18.9 Å². The Kier molecular flexibility index (Phi) is 3.92. The molecule has 0 amide bonds. The standard InChI is InChI=1S/C12H13Cl2NO2/c1-17-12(16)11(15-7-5-6-7)8-3-2-4-9(13)10(8)14/h2-4,7,11,15H,5-6H2,1H3. The van der Waals surface area contributed by atoms with E-state index < -0.39 is 6.04 Å². The maximum Gasteiger partial charge on any atom is 0.327 e. The lowest BCUT2D eigenvalue weighted by atomic mass is 10.1. The van der Waals surface area contributed by atoms with E-state index in [1.165, 1.54) is 7.11 Å². The monoisotopic (exact) mass is 273 g/mol. The molecular formula is C12H13Cl2NO2. The number of rotatable bonds is 4. The van der Waals surface area contributed by atoms with E-state index in [1.807, 2.05) is 0 Å². The number of hydrogen-bond donors (Lipinski definition) is 1. The van der Waals surface area contributed by atoms with Gasteiger partial charge in [-0.25, -0.2) is 4.79 Å². The number of ether oxygens (including phenoxy) is 1. The van der Waals surface area contributed by atoms with Gasteiger partial charge in [0.05, 0.1) is 17.2 Å². The van der Waals surface area contributed by atoms with Crippen LogP contribution in [0.1, 0.15) is 24.4 Å². The summed E-state index contributed by atoms with van der Waals surface area (Å²) in [6.07, 6.45) is 2.15. The van der Waals surface area contributed by atoms with Crippen LogP contribution in [0.4, 0.5) is 0 Å². The van der Waals surface area contributed by atoms with Crippen molar-refractivity contribution < 1.29 is 9.53 Å². The molecule has 2 rings (SSSR count). The van der Waals surface area contributed by atoms with E-state index >= 15 is 0 Å². The van der Waals surface area contributed by atoms with E-state index in [4.69, 9.17) is 27.9 Å². The second-order valence-corrected chi connectivity index (χ2v) is 4.83. The first-order valence-electron chi connectivity index (χ1n) is 5.41. The van der Waals surface area contributed by atoms with Gasteiger partial charge >= 0.3 is 5.97 Å². The van der Waals surface area contributed by atoms with E-state index in [0.29, 0.717) is 21.7 Å². The van der Waals surface area contributed by atoms with Crippen LogP contribution in [0.15, 0.2) is 18.2 Å². The fourth-order valence-electron chi connectivity index (χ4n) is 1.63. The van der Waals surface area contributed by atoms with Gasteiger partial charge in [0.15, 0.2) is 0 Å². The van der Waals surface area contributed by atoms with Crippen LogP contribution >= 0.6 is 23.2 Å². The molecule has 3 nitrogen and oxygen atoms in total. The number of nitrogens with one attached hydrogen (secondary N) is 1. The Hall–Kier alpha value is -0.770. The van der Waals surface area contributed by atoms with Crippen molar-refractivity contribution in [2.75, 3.05) is 7.11 Å². The van der Waals surface area contributed by atoms with E-state index in [1.54, 1.807) is 18.2 Å². The maximum atomic E-state index is 11.8. The highest BCUT2D eigenvalue weighted by atomic mass is 35.5. The highest BCUT2D eigenvalue weighted by molar-refractivity contribution is 6.42. The molecule has 1 atom stereocenters. The van der Waals surface area contributed by atoms with Crippen LogP contribution in [0.25, 0.3) is 0 Å². The zero-order chi connectivity index (χ0) is 12.4. The Balaban J connectivity index is 2.29. The van der Waals surface area contributed by atoms with Crippen molar-refractivity contribution >= 4 is 29.2 Å². The molecule has 0 aromatic heterocycles. The van der Waals surface area contributed by atoms with Crippen LogP contribution in [0, 0.1) is 0 Å². The lowest BCUT2D eigenvalue weighted by Gasteiger charge is -2.18. The van der Waals surface area contributed by atoms with Gasteiger partial charge in [0.25, 0.3) is 0 Å². The van der Waals surface area contributed by atoms with E-state index in [0.717, 1.165) is 12.8 Å². The minimum Gasteiger partial charge on any atom is -0.468 e. The minimum atomic E-state index is -0.543. The Morgan fingerprint density at radius 2 is 2.18 bits per heavy atom. The number of hydrogen-bond acceptors (Lipinski definition) is 3. The summed E-state index contributed by atoms with van der Waals surface area (Å²) in [4.78, 5) is 11.8. The van der Waals surface area contributed by atoms with E-state index in [2.05, 4.69) is 5.32 Å². The topological polar surface area (TPSA) is 38.3 Å². The molecule has 1 fully saturated rings. The minimum absolute atomic E-state index is 0.346. The van der Waals surface area contributed by atoms with Crippen molar-refractivity contribution in [2.24, 2.45) is 0 Å². The fraction of sp³-hybridized carbons (Fsp3) is 0.417. The molecule has 1 aromatic carbocycles. The molecule has 5 heteroatoms. The number of methoxy groups -OCH3 is 1. The average molecular weight is 274 g/mol. The predicted octanol–water partition coefficient (Wildman–Crippen LogP) is 2.96. The van der Waals surface area contributed by atoms with Gasteiger partial charge in [-0.15, -0.1) is 0 Å². The average Bonchev–Trinajstić information content (AvgIpc) is 3.13. The third kappa shape index (κ3) is 2.92. The van der Waals surface area contributed by atoms with Crippen LogP contribution in [-0.2, 0) is 9.53 Å². The van der Waals surface area contributed by atoms with Crippen molar-refractivity contribution in [3.05, 3.63) is 33.8 Å². The highest BCUT2D eigenvalue weighted by Crippen LogP contribution is 2.32. The van der Waals surface area contributed by atoms with Crippen molar-refractivity contribution in [1.29, 1.82) is 0 Å². The second kappa shape index (κ2) is 5.25. The molecule has 1 N–H and O–H groups in total. The highest BCUT2D eigenvalue weighted by Gasteiger charge is 2.31. The molecule has 17 heavy (non-hydrogen) atoms. The summed E-state index contributed by atoms with van der Waals surface area (Å²) in [6.45, 7) is 0. The first-order valence-corrected chi connectivity index (χ1v) is 6.17. The number of halogens is 2. The van der Waals surface area contributed by atoms with E-state index in [9.17, 15) is 4.79 Å². The molecule has 0 heterocycles. The largest absolute Gasteiger partial charge is 0.468 e. The zero-order valence-corrected chi connectivity index (χ0v) is 10.9. The Morgan fingerprint density at radius 1 is 1.47 bits per heavy atom. The normalized spacial score (nSPS) is 16.6. The number of carbonyl (C=O) groups excluding carboxylic acids is 1. The molecule has 1 aliphatic carbocycles. The first kappa shape index (κ1) is 12.7. The number of carbonyl (C=O) groups is 1. The molecule has 0 bridgehead atoms. The van der Waals surface area contributed by atoms with Crippen molar-refractivity contribution in [3.8, 4) is 0 Å². The summed E-state index contributed by atoms with van der Waals surface area (Å²) in [5, 5.41) is 4.05. The lowest BCUT2D eigenvalue weighted by Crippen LogP contribution is -2.31. The smallest absolute Gasteiger partial charge is 0.327 e. The fourth-order valence-corrected chi connectivity index (χ4v) is 2.05. The molecule has 0 saturated heterocycles. The predicted molar refractivity (Wildman–Crippen MR) is 67.4 cm³/mol. The van der Waals surface area contributed by atoms with Crippen LogP contribution in [0.5, 0.6) is 0 Å². The van der Waals surface area contributed by atoms with Gasteiger partial charge in [-0.2, -0.15) is 0 Å². The van der Waals surface area contributed by atoms with Gasteiger partial charge in [0.1, 0.15) is 6.04 Å². The molecule has 0 radical (unpaired) electrons. The van der Waals surface area contributed by atoms with Crippen LogP contribution in [0.2, 0.25) is 10.0 Å². The van der Waals surface area contributed by atoms with Crippen LogP contribution < -0.4 is 5.32 Å². The molecule has 1 aromatic rings. The third-order valence-corrected chi connectivity index (χ3v) is 3.54. The Labute approximate surface area is 110 Å². The van der Waals surface area contributed by atoms with Gasteiger partial charge in [-0.1, -0.05) is 35.3 Å². The second-order valence-electron chi connectivity index (χ2n) is 4.04. The maximum absolute atomic E-state index is 11.8. The summed E-state index contributed by atoms with van der Waals surface area (Å²) in [5.41, 5.74) is 0.665. The van der Waals surface area contributed by atoms with Crippen molar-refractivity contribution in [3.63, 3.8) is 0 Å². The summed E-state index contributed by atoms with van der Waals surface area (Å²) in [7, 11) is 1.36. The van der Waals surface area contributed by atoms with Gasteiger partial charge < -0.3 is 4.74 Å². The molecule has 1 saturated carbocycles. The summed E-state index contributed by atoms with van der Waals surface area (Å²) in [6, 6.07) is 5.07. The molecule has 1 unspecified atom stereocenters. The van der Waals surface area contributed by atoms with E-state index in [-0.39, 0.29) is 5.97 Å². The summed E-state index contributed by atoms with van der Waals surface area (Å²) in [5.74, 6) is -0.346. The zero-order valence-electron chi connectivity index (χ0n) is 9.37. The quantitative estimate of drug-likeness (QED) is 0.858. The Morgan fingerprint density at radius 3 is 2.76 bits per heavy atom. The molecule has 0 aliphatic heterocycles. The lowest BCUT2D eigenvalue weighted by molar-refractivity contribution is -0.143. The molecular weight excluding hydrogens is 261 g/mol. The van der Waals surface area contributed by atoms with Gasteiger partial charge in [0, 0.05) is 11.6 Å².